The van der Waals surface area contributed by atoms with Gasteiger partial charge in [0.25, 0.3) is 0 Å². The zero-order valence-electron chi connectivity index (χ0n) is 15.4. The summed E-state index contributed by atoms with van der Waals surface area (Å²) in [6, 6.07) is 7.51. The lowest BCUT2D eigenvalue weighted by Gasteiger charge is -2.32. The summed E-state index contributed by atoms with van der Waals surface area (Å²) >= 11 is 1.36. The fraction of sp³-hybridized carbons (Fsp3) is 0.421. The maximum absolute atomic E-state index is 10.0. The van der Waals surface area contributed by atoms with Crippen molar-refractivity contribution in [3.63, 3.8) is 0 Å². The molecule has 3 aromatic rings. The topological polar surface area (TPSA) is 84.5 Å². The van der Waals surface area contributed by atoms with Gasteiger partial charge in [0, 0.05) is 25.1 Å². The molecule has 7 nitrogen and oxygen atoms in total. The van der Waals surface area contributed by atoms with E-state index in [1.807, 2.05) is 19.1 Å². The lowest BCUT2D eigenvalue weighted by atomic mass is 9.93. The molecule has 0 spiro atoms. The van der Waals surface area contributed by atoms with Gasteiger partial charge in [-0.2, -0.15) is 0 Å². The third-order valence-corrected chi connectivity index (χ3v) is 5.66. The van der Waals surface area contributed by atoms with Gasteiger partial charge in [-0.1, -0.05) is 15.7 Å². The molecule has 0 unspecified atom stereocenters. The molecule has 1 saturated heterocycles. The molecule has 1 aliphatic heterocycles. The molecule has 0 amide bonds. The van der Waals surface area contributed by atoms with Crippen molar-refractivity contribution in [2.75, 3.05) is 20.2 Å². The van der Waals surface area contributed by atoms with Gasteiger partial charge in [0.05, 0.1) is 18.5 Å². The van der Waals surface area contributed by atoms with Crippen molar-refractivity contribution in [2.24, 2.45) is 0 Å². The number of nitrogens with zero attached hydrogens (tertiary/aromatic N) is 4. The van der Waals surface area contributed by atoms with E-state index in [1.54, 1.807) is 19.2 Å². The van der Waals surface area contributed by atoms with Crippen LogP contribution >= 0.6 is 11.5 Å². The quantitative estimate of drug-likeness (QED) is 0.717. The SMILES string of the molecule is COc1ccc(CN2CCC[C@@H](c3nnsc3-c3cc(C)no3)C2)cc1O. The molecule has 2 aromatic heterocycles. The Labute approximate surface area is 161 Å². The summed E-state index contributed by atoms with van der Waals surface area (Å²) in [4.78, 5) is 3.37. The Hall–Kier alpha value is -2.45. The van der Waals surface area contributed by atoms with E-state index in [4.69, 9.17) is 9.26 Å². The summed E-state index contributed by atoms with van der Waals surface area (Å²) < 4.78 is 14.7. The number of likely N-dealkylation sites (tertiary alicyclic amines) is 1. The van der Waals surface area contributed by atoms with Crippen LogP contribution in [0, 0.1) is 6.92 Å². The number of aromatic hydroxyl groups is 1. The van der Waals surface area contributed by atoms with E-state index in [-0.39, 0.29) is 5.75 Å². The number of aryl methyl sites for hydroxylation is 1. The number of phenolic OH excluding ortho intramolecular Hbond substituents is 1. The summed E-state index contributed by atoms with van der Waals surface area (Å²) in [6.07, 6.45) is 2.18. The van der Waals surface area contributed by atoms with Crippen molar-refractivity contribution >= 4 is 11.5 Å². The number of methoxy groups -OCH3 is 1. The number of rotatable bonds is 5. The van der Waals surface area contributed by atoms with Crippen LogP contribution in [0.1, 0.15) is 35.7 Å². The minimum atomic E-state index is 0.176. The molecule has 1 aliphatic rings. The zero-order valence-corrected chi connectivity index (χ0v) is 16.2. The van der Waals surface area contributed by atoms with E-state index < -0.39 is 0 Å². The van der Waals surface area contributed by atoms with Gasteiger partial charge in [-0.3, -0.25) is 4.90 Å². The van der Waals surface area contributed by atoms with Crippen LogP contribution in [-0.4, -0.2) is 44.9 Å². The molecule has 142 valence electrons. The second kappa shape index (κ2) is 7.66. The smallest absolute Gasteiger partial charge is 0.180 e. The Bertz CT molecular complexity index is 923. The van der Waals surface area contributed by atoms with E-state index in [0.717, 1.165) is 60.1 Å². The highest BCUT2D eigenvalue weighted by Crippen LogP contribution is 2.36. The van der Waals surface area contributed by atoms with Crippen LogP contribution < -0.4 is 4.74 Å². The standard InChI is InChI=1S/C19H22N4O3S/c1-12-8-17(26-21-12)19-18(20-22-27-19)14-4-3-7-23(11-14)10-13-5-6-16(25-2)15(24)9-13/h5-6,8-9,14,24H,3-4,7,10-11H2,1-2H3/t14-/m1/s1. The molecule has 27 heavy (non-hydrogen) atoms. The first-order chi connectivity index (χ1) is 13.1. The summed E-state index contributed by atoms with van der Waals surface area (Å²) in [5, 5.41) is 18.4. The molecule has 0 saturated carbocycles. The molecule has 4 rings (SSSR count). The van der Waals surface area contributed by atoms with Crippen molar-refractivity contribution in [1.82, 2.24) is 19.6 Å². The van der Waals surface area contributed by atoms with E-state index in [9.17, 15) is 5.11 Å². The Morgan fingerprint density at radius 2 is 2.26 bits per heavy atom. The highest BCUT2D eigenvalue weighted by atomic mass is 32.1. The van der Waals surface area contributed by atoms with Gasteiger partial charge in [-0.25, -0.2) is 0 Å². The number of hydrogen-bond donors (Lipinski definition) is 1. The largest absolute Gasteiger partial charge is 0.504 e. The van der Waals surface area contributed by atoms with Gasteiger partial charge >= 0.3 is 0 Å². The molecule has 0 aliphatic carbocycles. The molecular weight excluding hydrogens is 364 g/mol. The predicted octanol–water partition coefficient (Wildman–Crippen LogP) is 3.60. The lowest BCUT2D eigenvalue weighted by molar-refractivity contribution is 0.198. The van der Waals surface area contributed by atoms with Crippen LogP contribution in [0.3, 0.4) is 0 Å². The van der Waals surface area contributed by atoms with Crippen LogP contribution in [0.5, 0.6) is 11.5 Å². The molecule has 0 bridgehead atoms. The minimum Gasteiger partial charge on any atom is -0.504 e. The summed E-state index contributed by atoms with van der Waals surface area (Å²) in [7, 11) is 1.56. The number of benzene rings is 1. The minimum absolute atomic E-state index is 0.176. The highest BCUT2D eigenvalue weighted by molar-refractivity contribution is 7.09. The average Bonchev–Trinajstić information content (AvgIpc) is 3.31. The van der Waals surface area contributed by atoms with Crippen LogP contribution in [0.15, 0.2) is 28.8 Å². The number of phenols is 1. The van der Waals surface area contributed by atoms with Crippen molar-refractivity contribution in [1.29, 1.82) is 0 Å². The van der Waals surface area contributed by atoms with Gasteiger partial charge in [-0.05, 0) is 55.5 Å². The fourth-order valence-corrected chi connectivity index (χ4v) is 4.32. The molecule has 1 N–H and O–H groups in total. The monoisotopic (exact) mass is 386 g/mol. The fourth-order valence-electron chi connectivity index (χ4n) is 3.62. The van der Waals surface area contributed by atoms with E-state index in [1.165, 1.54) is 11.5 Å². The Balaban J connectivity index is 1.49. The van der Waals surface area contributed by atoms with Crippen LogP contribution in [-0.2, 0) is 6.54 Å². The second-order valence-electron chi connectivity index (χ2n) is 6.90. The Morgan fingerprint density at radius 3 is 3.00 bits per heavy atom. The average molecular weight is 386 g/mol. The van der Waals surface area contributed by atoms with Crippen molar-refractivity contribution in [3.05, 3.63) is 41.2 Å². The first kappa shape index (κ1) is 17.9. The van der Waals surface area contributed by atoms with E-state index >= 15 is 0 Å². The molecular formula is C19H22N4O3S. The van der Waals surface area contributed by atoms with Crippen molar-refractivity contribution in [3.8, 4) is 22.1 Å². The molecule has 8 heteroatoms. The van der Waals surface area contributed by atoms with Crippen molar-refractivity contribution in [2.45, 2.75) is 32.2 Å². The third kappa shape index (κ3) is 3.81. The van der Waals surface area contributed by atoms with Crippen LogP contribution in [0.4, 0.5) is 0 Å². The van der Waals surface area contributed by atoms with Crippen LogP contribution in [0.25, 0.3) is 10.6 Å². The van der Waals surface area contributed by atoms with E-state index in [0.29, 0.717) is 11.7 Å². The van der Waals surface area contributed by atoms with Crippen LogP contribution in [0.2, 0.25) is 0 Å². The zero-order chi connectivity index (χ0) is 18.8. The second-order valence-corrected chi connectivity index (χ2v) is 7.65. The summed E-state index contributed by atoms with van der Waals surface area (Å²) in [5.41, 5.74) is 2.92. The maximum atomic E-state index is 10.0. The summed E-state index contributed by atoms with van der Waals surface area (Å²) in [5.74, 6) is 1.73. The number of aromatic nitrogens is 3. The molecule has 1 aromatic carbocycles. The van der Waals surface area contributed by atoms with Gasteiger partial charge < -0.3 is 14.4 Å². The summed E-state index contributed by atoms with van der Waals surface area (Å²) in [6.45, 7) is 4.62. The maximum Gasteiger partial charge on any atom is 0.180 e. The van der Waals surface area contributed by atoms with Crippen molar-refractivity contribution < 1.29 is 14.4 Å². The first-order valence-electron chi connectivity index (χ1n) is 8.98. The highest BCUT2D eigenvalue weighted by Gasteiger charge is 2.28. The molecule has 1 fully saturated rings. The van der Waals surface area contributed by atoms with Gasteiger partial charge in [-0.15, -0.1) is 5.10 Å². The van der Waals surface area contributed by atoms with Gasteiger partial charge in [0.1, 0.15) is 4.88 Å². The molecule has 0 radical (unpaired) electrons. The Morgan fingerprint density at radius 1 is 1.37 bits per heavy atom. The predicted molar refractivity (Wildman–Crippen MR) is 102 cm³/mol. The first-order valence-corrected chi connectivity index (χ1v) is 9.75. The number of piperidine rings is 1. The lowest BCUT2D eigenvalue weighted by Crippen LogP contribution is -2.34. The molecule has 1 atom stereocenters. The number of ether oxygens (including phenoxy) is 1. The normalized spacial score (nSPS) is 17.9. The van der Waals surface area contributed by atoms with E-state index in [2.05, 4.69) is 19.6 Å². The third-order valence-electron chi connectivity index (χ3n) is 4.91. The van der Waals surface area contributed by atoms with Gasteiger partial charge in [0.15, 0.2) is 17.3 Å². The molecule has 3 heterocycles. The van der Waals surface area contributed by atoms with Gasteiger partial charge in [0.2, 0.25) is 0 Å². The Kier molecular flexibility index (Phi) is 5.09. The number of hydrogen-bond acceptors (Lipinski definition) is 8.